The molecule has 29 heavy (non-hydrogen) atoms. The standard InChI is InChI=1S/C19H14N6O4/c26-25(27)17-18(20-8-12-5-6-15-16(7-12)29-11-28-15)21-9-22-19(17)24-10-23-13-3-1-2-4-14(13)24/h1-7,9-10H,8,11H2,(H,20,21,22). The molecule has 0 aliphatic carbocycles. The number of aromatic nitrogens is 4. The van der Waals surface area contributed by atoms with Crippen LogP contribution in [0.15, 0.2) is 55.1 Å². The number of hydrogen-bond donors (Lipinski definition) is 1. The third kappa shape index (κ3) is 2.96. The van der Waals surface area contributed by atoms with Gasteiger partial charge in [0.05, 0.1) is 16.0 Å². The zero-order valence-corrected chi connectivity index (χ0v) is 15.0. The van der Waals surface area contributed by atoms with Crippen molar-refractivity contribution < 1.29 is 14.4 Å². The average Bonchev–Trinajstić information content (AvgIpc) is 3.38. The molecule has 0 amide bonds. The molecule has 0 unspecified atom stereocenters. The molecule has 0 spiro atoms. The lowest BCUT2D eigenvalue weighted by Crippen LogP contribution is -2.09. The normalized spacial score (nSPS) is 12.3. The number of rotatable bonds is 5. The fraction of sp³-hybridized carbons (Fsp3) is 0.105. The van der Waals surface area contributed by atoms with Crippen molar-refractivity contribution in [3.63, 3.8) is 0 Å². The summed E-state index contributed by atoms with van der Waals surface area (Å²) in [7, 11) is 0. The first-order chi connectivity index (χ1) is 14.2. The summed E-state index contributed by atoms with van der Waals surface area (Å²) in [6.45, 7) is 0.504. The van der Waals surface area contributed by atoms with Crippen molar-refractivity contribution in [3.8, 4) is 17.3 Å². The number of imidazole rings is 1. The number of anilines is 1. The minimum Gasteiger partial charge on any atom is -0.454 e. The number of para-hydroxylation sites is 2. The van der Waals surface area contributed by atoms with Gasteiger partial charge in [-0.25, -0.2) is 15.0 Å². The van der Waals surface area contributed by atoms with E-state index in [1.807, 2.05) is 36.4 Å². The lowest BCUT2D eigenvalue weighted by Gasteiger charge is -2.10. The number of benzene rings is 2. The Morgan fingerprint density at radius 3 is 2.86 bits per heavy atom. The molecule has 0 saturated heterocycles. The molecule has 2 aromatic heterocycles. The van der Waals surface area contributed by atoms with Gasteiger partial charge in [0.15, 0.2) is 11.5 Å². The number of hydrogen-bond acceptors (Lipinski definition) is 8. The number of nitrogens with zero attached hydrogens (tertiary/aromatic N) is 5. The quantitative estimate of drug-likeness (QED) is 0.408. The highest BCUT2D eigenvalue weighted by Gasteiger charge is 2.25. The van der Waals surface area contributed by atoms with Crippen molar-refractivity contribution in [2.24, 2.45) is 0 Å². The zero-order valence-electron chi connectivity index (χ0n) is 15.0. The molecule has 1 aliphatic heterocycles. The SMILES string of the molecule is O=[N+]([O-])c1c(NCc2ccc3c(c2)OCO3)ncnc1-n1cnc2ccccc21. The second-order valence-electron chi connectivity index (χ2n) is 6.30. The van der Waals surface area contributed by atoms with Gasteiger partial charge in [0.1, 0.15) is 12.7 Å². The van der Waals surface area contributed by atoms with E-state index in [2.05, 4.69) is 20.3 Å². The van der Waals surface area contributed by atoms with E-state index in [1.165, 1.54) is 12.7 Å². The molecule has 1 N–H and O–H groups in total. The van der Waals surface area contributed by atoms with E-state index < -0.39 is 4.92 Å². The smallest absolute Gasteiger partial charge is 0.354 e. The van der Waals surface area contributed by atoms with E-state index in [0.29, 0.717) is 18.0 Å². The molecule has 0 fully saturated rings. The highest BCUT2D eigenvalue weighted by Crippen LogP contribution is 2.34. The van der Waals surface area contributed by atoms with Crippen LogP contribution in [0.1, 0.15) is 5.56 Å². The van der Waals surface area contributed by atoms with Crippen molar-refractivity contribution >= 4 is 22.5 Å². The lowest BCUT2D eigenvalue weighted by atomic mass is 10.2. The third-order valence-corrected chi connectivity index (χ3v) is 4.56. The minimum atomic E-state index is -0.494. The maximum atomic E-state index is 11.9. The topological polar surface area (TPSA) is 117 Å². The van der Waals surface area contributed by atoms with Crippen molar-refractivity contribution in [3.05, 3.63) is 70.8 Å². The van der Waals surface area contributed by atoms with Crippen molar-refractivity contribution in [1.29, 1.82) is 0 Å². The Bertz CT molecular complexity index is 1240. The van der Waals surface area contributed by atoms with Crippen LogP contribution < -0.4 is 14.8 Å². The molecular weight excluding hydrogens is 376 g/mol. The molecule has 10 nitrogen and oxygen atoms in total. The number of nitrogens with one attached hydrogen (secondary N) is 1. The summed E-state index contributed by atoms with van der Waals surface area (Å²) in [5.41, 5.74) is 2.08. The Morgan fingerprint density at radius 2 is 1.97 bits per heavy atom. The van der Waals surface area contributed by atoms with Crippen LogP contribution >= 0.6 is 0 Å². The molecule has 2 aromatic carbocycles. The summed E-state index contributed by atoms with van der Waals surface area (Å²) in [4.78, 5) is 23.9. The van der Waals surface area contributed by atoms with E-state index in [4.69, 9.17) is 9.47 Å². The predicted octanol–water partition coefficient (Wildman–Crippen LogP) is 3.06. The lowest BCUT2D eigenvalue weighted by molar-refractivity contribution is -0.384. The van der Waals surface area contributed by atoms with E-state index in [9.17, 15) is 10.1 Å². The molecule has 10 heteroatoms. The van der Waals surface area contributed by atoms with Crippen molar-refractivity contribution in [1.82, 2.24) is 19.5 Å². The van der Waals surface area contributed by atoms with Gasteiger partial charge in [-0.15, -0.1) is 0 Å². The van der Waals surface area contributed by atoms with Crippen LogP contribution in [-0.2, 0) is 6.54 Å². The largest absolute Gasteiger partial charge is 0.454 e. The van der Waals surface area contributed by atoms with Gasteiger partial charge in [-0.2, -0.15) is 0 Å². The van der Waals surface area contributed by atoms with Gasteiger partial charge >= 0.3 is 5.69 Å². The van der Waals surface area contributed by atoms with Crippen LogP contribution in [0.2, 0.25) is 0 Å². The van der Waals surface area contributed by atoms with Crippen LogP contribution in [-0.4, -0.2) is 31.2 Å². The summed E-state index contributed by atoms with van der Waals surface area (Å²) in [6.07, 6.45) is 2.81. The minimum absolute atomic E-state index is 0.121. The average molecular weight is 390 g/mol. The van der Waals surface area contributed by atoms with Gasteiger partial charge in [0.2, 0.25) is 18.4 Å². The Kier molecular flexibility index (Phi) is 3.94. The zero-order chi connectivity index (χ0) is 19.8. The van der Waals surface area contributed by atoms with E-state index >= 15 is 0 Å². The summed E-state index contributed by atoms with van der Waals surface area (Å²) in [5.74, 6) is 1.59. The summed E-state index contributed by atoms with van der Waals surface area (Å²) >= 11 is 0. The maximum Gasteiger partial charge on any atom is 0.354 e. The molecule has 5 rings (SSSR count). The molecular formula is C19H14N6O4. The summed E-state index contributed by atoms with van der Waals surface area (Å²) in [6, 6.07) is 12.8. The van der Waals surface area contributed by atoms with Crippen molar-refractivity contribution in [2.75, 3.05) is 12.1 Å². The first kappa shape index (κ1) is 16.9. The van der Waals surface area contributed by atoms with Crippen LogP contribution in [0.5, 0.6) is 11.5 Å². The van der Waals surface area contributed by atoms with E-state index in [1.54, 1.807) is 10.6 Å². The van der Waals surface area contributed by atoms with Crippen LogP contribution in [0.25, 0.3) is 16.9 Å². The first-order valence-electron chi connectivity index (χ1n) is 8.75. The van der Waals surface area contributed by atoms with Gasteiger partial charge in [0, 0.05) is 6.54 Å². The van der Waals surface area contributed by atoms with Gasteiger partial charge in [-0.1, -0.05) is 18.2 Å². The van der Waals surface area contributed by atoms with Gasteiger partial charge in [0.25, 0.3) is 0 Å². The number of fused-ring (bicyclic) bond motifs is 2. The van der Waals surface area contributed by atoms with Gasteiger partial charge in [-0.3, -0.25) is 14.7 Å². The number of nitro groups is 1. The second kappa shape index (κ2) is 6.75. The second-order valence-corrected chi connectivity index (χ2v) is 6.30. The third-order valence-electron chi connectivity index (χ3n) is 4.56. The Hall–Kier alpha value is -4.21. The molecule has 3 heterocycles. The van der Waals surface area contributed by atoms with E-state index in [-0.39, 0.29) is 24.1 Å². The van der Waals surface area contributed by atoms with Crippen LogP contribution in [0, 0.1) is 10.1 Å². The summed E-state index contributed by atoms with van der Waals surface area (Å²) in [5, 5.41) is 14.9. The van der Waals surface area contributed by atoms with Gasteiger partial charge < -0.3 is 14.8 Å². The Labute approximate surface area is 163 Å². The molecule has 0 radical (unpaired) electrons. The molecule has 4 aromatic rings. The van der Waals surface area contributed by atoms with Crippen LogP contribution in [0.4, 0.5) is 11.5 Å². The Balaban J connectivity index is 1.51. The molecule has 144 valence electrons. The first-order valence-corrected chi connectivity index (χ1v) is 8.75. The molecule has 0 bridgehead atoms. The fourth-order valence-electron chi connectivity index (χ4n) is 3.21. The van der Waals surface area contributed by atoms with Gasteiger partial charge in [-0.05, 0) is 29.8 Å². The monoisotopic (exact) mass is 390 g/mol. The molecule has 1 aliphatic rings. The molecule has 0 saturated carbocycles. The maximum absolute atomic E-state index is 11.9. The highest BCUT2D eigenvalue weighted by molar-refractivity contribution is 5.79. The fourth-order valence-corrected chi connectivity index (χ4v) is 3.21. The Morgan fingerprint density at radius 1 is 1.10 bits per heavy atom. The van der Waals surface area contributed by atoms with Crippen molar-refractivity contribution in [2.45, 2.75) is 6.54 Å². The molecule has 0 atom stereocenters. The summed E-state index contributed by atoms with van der Waals surface area (Å²) < 4.78 is 12.2. The number of ether oxygens (including phenoxy) is 2. The predicted molar refractivity (Wildman–Crippen MR) is 103 cm³/mol. The highest BCUT2D eigenvalue weighted by atomic mass is 16.7. The van der Waals surface area contributed by atoms with E-state index in [0.717, 1.165) is 16.6 Å². The van der Waals surface area contributed by atoms with Crippen LogP contribution in [0.3, 0.4) is 0 Å².